The van der Waals surface area contributed by atoms with Crippen LogP contribution in [0.1, 0.15) is 46.0 Å². The Balaban J connectivity index is 1.98. The van der Waals surface area contributed by atoms with Crippen molar-refractivity contribution in [3.05, 3.63) is 0 Å². The van der Waals surface area contributed by atoms with Gasteiger partial charge in [-0.2, -0.15) is 0 Å². The average molecular weight is 253 g/mol. The number of hydrogen-bond donors (Lipinski definition) is 1. The third-order valence-corrected chi connectivity index (χ3v) is 5.30. The van der Waals surface area contributed by atoms with Crippen LogP contribution in [0.2, 0.25) is 0 Å². The third kappa shape index (κ3) is 3.48. The monoisotopic (exact) mass is 253 g/mol. The zero-order valence-electron chi connectivity index (χ0n) is 12.5. The van der Waals surface area contributed by atoms with Crippen LogP contribution in [0.4, 0.5) is 0 Å². The van der Waals surface area contributed by atoms with Gasteiger partial charge in [0.05, 0.1) is 0 Å². The molecular formula is C16H31NO. The SMILES string of the molecule is CNCC1CCC(C(C)C)CC1C1CCCOC1. The molecule has 2 nitrogen and oxygen atoms in total. The number of rotatable bonds is 4. The predicted molar refractivity (Wildman–Crippen MR) is 76.6 cm³/mol. The summed E-state index contributed by atoms with van der Waals surface area (Å²) in [5, 5.41) is 3.41. The largest absolute Gasteiger partial charge is 0.381 e. The van der Waals surface area contributed by atoms with Gasteiger partial charge in [-0.3, -0.25) is 0 Å². The van der Waals surface area contributed by atoms with Gasteiger partial charge in [0.2, 0.25) is 0 Å². The van der Waals surface area contributed by atoms with Crippen molar-refractivity contribution in [3.8, 4) is 0 Å². The van der Waals surface area contributed by atoms with Crippen molar-refractivity contribution >= 4 is 0 Å². The Morgan fingerprint density at radius 1 is 1.22 bits per heavy atom. The zero-order valence-corrected chi connectivity index (χ0v) is 12.5. The van der Waals surface area contributed by atoms with Crippen LogP contribution in [0.3, 0.4) is 0 Å². The third-order valence-electron chi connectivity index (χ3n) is 5.30. The molecule has 0 spiro atoms. The second kappa shape index (κ2) is 6.91. The highest BCUT2D eigenvalue weighted by molar-refractivity contribution is 4.87. The fourth-order valence-corrected chi connectivity index (χ4v) is 4.10. The van der Waals surface area contributed by atoms with E-state index in [0.717, 1.165) is 42.8 Å². The Morgan fingerprint density at radius 2 is 2.06 bits per heavy atom. The minimum Gasteiger partial charge on any atom is -0.381 e. The second-order valence-corrected chi connectivity index (χ2v) is 6.78. The van der Waals surface area contributed by atoms with Gasteiger partial charge in [-0.05, 0) is 75.3 Å². The van der Waals surface area contributed by atoms with Crippen LogP contribution in [-0.4, -0.2) is 26.8 Å². The summed E-state index contributed by atoms with van der Waals surface area (Å²) < 4.78 is 5.74. The second-order valence-electron chi connectivity index (χ2n) is 6.78. The van der Waals surface area contributed by atoms with Gasteiger partial charge in [0.1, 0.15) is 0 Å². The van der Waals surface area contributed by atoms with Crippen molar-refractivity contribution < 1.29 is 4.74 Å². The van der Waals surface area contributed by atoms with Crippen LogP contribution in [0.25, 0.3) is 0 Å². The summed E-state index contributed by atoms with van der Waals surface area (Å²) in [6, 6.07) is 0. The first kappa shape index (κ1) is 14.3. The normalized spacial score (nSPS) is 38.0. The van der Waals surface area contributed by atoms with E-state index in [4.69, 9.17) is 4.74 Å². The lowest BCUT2D eigenvalue weighted by Gasteiger charge is -2.43. The number of hydrogen-bond acceptors (Lipinski definition) is 2. The summed E-state index contributed by atoms with van der Waals surface area (Å²) in [6.07, 6.45) is 6.98. The Morgan fingerprint density at radius 3 is 2.67 bits per heavy atom. The molecule has 0 amide bonds. The van der Waals surface area contributed by atoms with Crippen molar-refractivity contribution in [2.45, 2.75) is 46.0 Å². The summed E-state index contributed by atoms with van der Waals surface area (Å²) >= 11 is 0. The van der Waals surface area contributed by atoms with E-state index in [1.54, 1.807) is 0 Å². The molecule has 1 N–H and O–H groups in total. The zero-order chi connectivity index (χ0) is 13.0. The van der Waals surface area contributed by atoms with E-state index in [0.29, 0.717) is 0 Å². The topological polar surface area (TPSA) is 21.3 Å². The molecule has 4 atom stereocenters. The maximum atomic E-state index is 5.74. The lowest BCUT2D eigenvalue weighted by atomic mass is 9.65. The minimum absolute atomic E-state index is 0.832. The van der Waals surface area contributed by atoms with Crippen molar-refractivity contribution in [3.63, 3.8) is 0 Å². The molecule has 2 fully saturated rings. The molecule has 2 rings (SSSR count). The first-order chi connectivity index (χ1) is 8.72. The van der Waals surface area contributed by atoms with Crippen molar-refractivity contribution in [2.24, 2.45) is 29.6 Å². The van der Waals surface area contributed by atoms with E-state index in [1.165, 1.54) is 38.6 Å². The van der Waals surface area contributed by atoms with Gasteiger partial charge in [0, 0.05) is 13.2 Å². The van der Waals surface area contributed by atoms with E-state index in [2.05, 4.69) is 26.2 Å². The molecule has 2 aliphatic rings. The first-order valence-electron chi connectivity index (χ1n) is 7.94. The molecule has 0 aromatic rings. The molecule has 4 unspecified atom stereocenters. The van der Waals surface area contributed by atoms with Gasteiger partial charge < -0.3 is 10.1 Å². The Hall–Kier alpha value is -0.0800. The summed E-state index contributed by atoms with van der Waals surface area (Å²) in [5.74, 6) is 4.42. The van der Waals surface area contributed by atoms with E-state index >= 15 is 0 Å². The Labute approximate surface area is 113 Å². The van der Waals surface area contributed by atoms with E-state index < -0.39 is 0 Å². The summed E-state index contributed by atoms with van der Waals surface area (Å²) in [7, 11) is 2.10. The van der Waals surface area contributed by atoms with Gasteiger partial charge in [0.25, 0.3) is 0 Å². The van der Waals surface area contributed by atoms with Crippen LogP contribution >= 0.6 is 0 Å². The first-order valence-corrected chi connectivity index (χ1v) is 7.94. The molecular weight excluding hydrogens is 222 g/mol. The minimum atomic E-state index is 0.832. The van der Waals surface area contributed by atoms with Crippen LogP contribution in [-0.2, 0) is 4.74 Å². The molecule has 18 heavy (non-hydrogen) atoms. The smallest absolute Gasteiger partial charge is 0.0497 e. The summed E-state index contributed by atoms with van der Waals surface area (Å²) in [4.78, 5) is 0. The molecule has 0 aromatic carbocycles. The lowest BCUT2D eigenvalue weighted by molar-refractivity contribution is -0.00675. The molecule has 0 radical (unpaired) electrons. The Bertz CT molecular complexity index is 230. The number of ether oxygens (including phenoxy) is 1. The van der Waals surface area contributed by atoms with Gasteiger partial charge >= 0.3 is 0 Å². The van der Waals surface area contributed by atoms with Crippen LogP contribution in [0.5, 0.6) is 0 Å². The maximum Gasteiger partial charge on any atom is 0.0497 e. The fourth-order valence-electron chi connectivity index (χ4n) is 4.10. The van der Waals surface area contributed by atoms with Crippen LogP contribution in [0, 0.1) is 29.6 Å². The molecule has 106 valence electrons. The molecule has 0 bridgehead atoms. The molecule has 1 aliphatic carbocycles. The fraction of sp³-hybridized carbons (Fsp3) is 1.00. The Kier molecular flexibility index (Phi) is 5.50. The highest BCUT2D eigenvalue weighted by atomic mass is 16.5. The van der Waals surface area contributed by atoms with E-state index in [9.17, 15) is 0 Å². The highest BCUT2D eigenvalue weighted by Gasteiger charge is 2.36. The van der Waals surface area contributed by atoms with Gasteiger partial charge in [-0.1, -0.05) is 13.8 Å². The molecule has 0 aromatic heterocycles. The summed E-state index contributed by atoms with van der Waals surface area (Å²) in [6.45, 7) is 8.02. The highest BCUT2D eigenvalue weighted by Crippen LogP contribution is 2.42. The van der Waals surface area contributed by atoms with Crippen molar-refractivity contribution in [2.75, 3.05) is 26.8 Å². The predicted octanol–water partition coefficient (Wildman–Crippen LogP) is 3.32. The molecule has 1 saturated heterocycles. The van der Waals surface area contributed by atoms with Gasteiger partial charge in [0.15, 0.2) is 0 Å². The van der Waals surface area contributed by atoms with Crippen molar-refractivity contribution in [1.82, 2.24) is 5.32 Å². The molecule has 2 heteroatoms. The number of nitrogens with one attached hydrogen (secondary N) is 1. The van der Waals surface area contributed by atoms with Crippen molar-refractivity contribution in [1.29, 1.82) is 0 Å². The van der Waals surface area contributed by atoms with Gasteiger partial charge in [-0.15, -0.1) is 0 Å². The standard InChI is InChI=1S/C16H31NO/c1-12(2)13-6-7-14(10-17-3)16(9-13)15-5-4-8-18-11-15/h12-17H,4-11H2,1-3H3. The quantitative estimate of drug-likeness (QED) is 0.830. The molecule has 1 heterocycles. The molecule has 1 saturated carbocycles. The van der Waals surface area contributed by atoms with Gasteiger partial charge in [-0.25, -0.2) is 0 Å². The van der Waals surface area contributed by atoms with E-state index in [1.807, 2.05) is 0 Å². The average Bonchev–Trinajstić information content (AvgIpc) is 2.40. The van der Waals surface area contributed by atoms with E-state index in [-0.39, 0.29) is 0 Å². The summed E-state index contributed by atoms with van der Waals surface area (Å²) in [5.41, 5.74) is 0. The van der Waals surface area contributed by atoms with Crippen LogP contribution in [0.15, 0.2) is 0 Å². The van der Waals surface area contributed by atoms with Crippen LogP contribution < -0.4 is 5.32 Å². The molecule has 1 aliphatic heterocycles. The maximum absolute atomic E-state index is 5.74. The lowest BCUT2D eigenvalue weighted by Crippen LogP contribution is -2.39.